The van der Waals surface area contributed by atoms with E-state index in [2.05, 4.69) is 5.32 Å². The normalized spacial score (nSPS) is 14.6. The van der Waals surface area contributed by atoms with Crippen molar-refractivity contribution in [1.29, 1.82) is 0 Å². The highest BCUT2D eigenvalue weighted by Crippen LogP contribution is 2.48. The molecule has 0 saturated heterocycles. The quantitative estimate of drug-likeness (QED) is 0.273. The minimum Gasteiger partial charge on any atom is -0.481 e. The van der Waals surface area contributed by atoms with Crippen LogP contribution in [0.5, 0.6) is 0 Å². The van der Waals surface area contributed by atoms with Crippen molar-refractivity contribution in [2.45, 2.75) is 38.2 Å². The Morgan fingerprint density at radius 3 is 2.08 bits per heavy atom. The van der Waals surface area contributed by atoms with E-state index in [9.17, 15) is 14.7 Å². The Bertz CT molecular complexity index is 1390. The van der Waals surface area contributed by atoms with Crippen LogP contribution in [0.3, 0.4) is 0 Å². The van der Waals surface area contributed by atoms with E-state index in [0.29, 0.717) is 12.8 Å². The number of thiophene rings is 1. The first-order chi connectivity index (χ1) is 17.4. The molecule has 1 atom stereocenters. The Labute approximate surface area is 214 Å². The Kier molecular flexibility index (Phi) is 6.37. The number of hydrogen-bond donors (Lipinski definition) is 2. The van der Waals surface area contributed by atoms with Crippen LogP contribution in [0, 0.1) is 6.92 Å². The van der Waals surface area contributed by atoms with E-state index >= 15 is 0 Å². The average Bonchev–Trinajstić information content (AvgIpc) is 3.64. The second-order valence-corrected chi connectivity index (χ2v) is 10.1. The van der Waals surface area contributed by atoms with Gasteiger partial charge in [0.2, 0.25) is 0 Å². The van der Waals surface area contributed by atoms with Gasteiger partial charge in [-0.2, -0.15) is 0 Å². The largest absolute Gasteiger partial charge is 0.481 e. The summed E-state index contributed by atoms with van der Waals surface area (Å²) in [6, 6.07) is 25.6. The van der Waals surface area contributed by atoms with Crippen molar-refractivity contribution in [2.24, 2.45) is 0 Å². The first kappa shape index (κ1) is 23.8. The Balaban J connectivity index is 1.30. The van der Waals surface area contributed by atoms with Crippen molar-refractivity contribution >= 4 is 29.1 Å². The van der Waals surface area contributed by atoms with Crippen LogP contribution in [0.1, 0.15) is 42.6 Å². The average molecular weight is 498 g/mol. The number of carbonyl (C=O) groups excluding carboxylic acids is 1. The third-order valence-electron chi connectivity index (χ3n) is 6.83. The molecule has 1 amide bonds. The second-order valence-electron chi connectivity index (χ2n) is 9.25. The summed E-state index contributed by atoms with van der Waals surface area (Å²) in [5, 5.41) is 14.5. The predicted molar refractivity (Wildman–Crippen MR) is 143 cm³/mol. The maximum atomic E-state index is 12.6. The summed E-state index contributed by atoms with van der Waals surface area (Å²) in [5.41, 5.74) is 5.93. The zero-order valence-electron chi connectivity index (χ0n) is 20.2. The van der Waals surface area contributed by atoms with Crippen molar-refractivity contribution in [1.82, 2.24) is 0 Å². The number of rotatable bonds is 7. The number of carboxylic acid groups (broad SMARTS) is 1. The molecule has 0 radical (unpaired) electrons. The molecule has 4 aromatic rings. The third-order valence-corrected chi connectivity index (χ3v) is 7.98. The number of benzene rings is 3. The van der Waals surface area contributed by atoms with Crippen LogP contribution in [0.25, 0.3) is 21.6 Å². The van der Waals surface area contributed by atoms with Gasteiger partial charge in [0.25, 0.3) is 0 Å². The van der Waals surface area contributed by atoms with E-state index in [-0.39, 0.29) is 6.10 Å². The first-order valence-electron chi connectivity index (χ1n) is 11.9. The Morgan fingerprint density at radius 2 is 1.50 bits per heavy atom. The van der Waals surface area contributed by atoms with E-state index < -0.39 is 17.5 Å². The molecule has 1 aromatic heterocycles. The highest BCUT2D eigenvalue weighted by molar-refractivity contribution is 7.14. The minimum atomic E-state index is -0.742. The molecule has 36 heavy (non-hydrogen) atoms. The highest BCUT2D eigenvalue weighted by Gasteiger charge is 2.51. The van der Waals surface area contributed by atoms with Gasteiger partial charge < -0.3 is 9.84 Å². The molecule has 1 fully saturated rings. The molecule has 2 N–H and O–H groups in total. The lowest BCUT2D eigenvalue weighted by atomic mass is 9.93. The number of carboxylic acids is 1. The number of amides is 1. The molecule has 1 unspecified atom stereocenters. The smallest absolute Gasteiger partial charge is 0.412 e. The molecule has 1 saturated carbocycles. The van der Waals surface area contributed by atoms with E-state index in [1.54, 1.807) is 11.3 Å². The Hall–Kier alpha value is -3.90. The summed E-state index contributed by atoms with van der Waals surface area (Å²) < 4.78 is 5.60. The third kappa shape index (κ3) is 4.64. The van der Waals surface area contributed by atoms with Crippen LogP contribution in [0.4, 0.5) is 10.5 Å². The fraction of sp³-hybridized carbons (Fsp3) is 0.200. The van der Waals surface area contributed by atoms with Crippen molar-refractivity contribution in [2.75, 3.05) is 5.32 Å². The van der Waals surface area contributed by atoms with E-state index in [1.807, 2.05) is 98.1 Å². The van der Waals surface area contributed by atoms with Crippen LogP contribution in [-0.2, 0) is 14.9 Å². The van der Waals surface area contributed by atoms with Crippen LogP contribution in [-0.4, -0.2) is 17.2 Å². The topological polar surface area (TPSA) is 75.6 Å². The molecule has 0 aliphatic heterocycles. The lowest BCUT2D eigenvalue weighted by Gasteiger charge is -2.15. The molecular weight excluding hydrogens is 470 g/mol. The number of hydrogen-bond acceptors (Lipinski definition) is 4. The van der Waals surface area contributed by atoms with Crippen molar-refractivity contribution in [3.8, 4) is 21.6 Å². The SMILES string of the molecule is Cc1csc(-c2ccc(-c3ccc(C4(C(=O)O)CC4)cc3)cc2)c1NC(=O)OC(C)c1ccccc1. The molecule has 0 spiro atoms. The summed E-state index contributed by atoms with van der Waals surface area (Å²) >= 11 is 1.58. The van der Waals surface area contributed by atoms with Crippen LogP contribution >= 0.6 is 11.3 Å². The molecule has 1 aliphatic carbocycles. The van der Waals surface area contributed by atoms with Crippen LogP contribution < -0.4 is 5.32 Å². The molecule has 6 heteroatoms. The van der Waals surface area contributed by atoms with Gasteiger partial charge in [0.1, 0.15) is 6.10 Å². The number of carbonyl (C=O) groups is 2. The van der Waals surface area contributed by atoms with Crippen molar-refractivity contribution < 1.29 is 19.4 Å². The van der Waals surface area contributed by atoms with E-state index in [4.69, 9.17) is 4.74 Å². The zero-order chi connectivity index (χ0) is 25.3. The first-order valence-corrected chi connectivity index (χ1v) is 12.8. The molecular formula is C30H27NO4S. The zero-order valence-corrected chi connectivity index (χ0v) is 21.0. The molecule has 5 nitrogen and oxygen atoms in total. The molecule has 0 bridgehead atoms. The summed E-state index contributed by atoms with van der Waals surface area (Å²) in [6.07, 6.45) is 0.558. The van der Waals surface area contributed by atoms with Crippen LogP contribution in [0.2, 0.25) is 0 Å². The second kappa shape index (κ2) is 9.63. The lowest BCUT2D eigenvalue weighted by Crippen LogP contribution is -2.19. The fourth-order valence-corrected chi connectivity index (χ4v) is 5.46. The highest BCUT2D eigenvalue weighted by atomic mass is 32.1. The van der Waals surface area contributed by atoms with E-state index in [0.717, 1.165) is 43.9 Å². The summed E-state index contributed by atoms with van der Waals surface area (Å²) in [4.78, 5) is 25.2. The van der Waals surface area contributed by atoms with E-state index in [1.165, 1.54) is 0 Å². The fourth-order valence-electron chi connectivity index (χ4n) is 4.44. The van der Waals surface area contributed by atoms with Gasteiger partial charge in [-0.3, -0.25) is 10.1 Å². The van der Waals surface area contributed by atoms with Gasteiger partial charge in [-0.05, 0) is 65.4 Å². The van der Waals surface area contributed by atoms with Gasteiger partial charge in [-0.1, -0.05) is 78.9 Å². The minimum absolute atomic E-state index is 0.357. The van der Waals surface area contributed by atoms with Gasteiger partial charge in [0, 0.05) is 0 Å². The molecule has 3 aromatic carbocycles. The van der Waals surface area contributed by atoms with Crippen molar-refractivity contribution in [3.63, 3.8) is 0 Å². The number of nitrogens with one attached hydrogen (secondary N) is 1. The van der Waals surface area contributed by atoms with Crippen LogP contribution in [0.15, 0.2) is 84.2 Å². The summed E-state index contributed by atoms with van der Waals surface area (Å²) in [7, 11) is 0. The molecule has 182 valence electrons. The van der Waals surface area contributed by atoms with Gasteiger partial charge in [-0.15, -0.1) is 11.3 Å². The predicted octanol–water partition coefficient (Wildman–Crippen LogP) is 7.82. The maximum Gasteiger partial charge on any atom is 0.412 e. The summed E-state index contributed by atoms with van der Waals surface area (Å²) in [5.74, 6) is -0.742. The Morgan fingerprint density at radius 1 is 0.917 bits per heavy atom. The number of anilines is 1. The van der Waals surface area contributed by atoms with Gasteiger partial charge in [-0.25, -0.2) is 4.79 Å². The van der Waals surface area contributed by atoms with Gasteiger partial charge in [0.15, 0.2) is 0 Å². The molecule has 5 rings (SSSR count). The number of aliphatic carboxylic acids is 1. The maximum absolute atomic E-state index is 12.6. The van der Waals surface area contributed by atoms with Gasteiger partial charge in [0.05, 0.1) is 16.0 Å². The number of aryl methyl sites for hydroxylation is 1. The molecule has 1 aliphatic rings. The summed E-state index contributed by atoms with van der Waals surface area (Å²) in [6.45, 7) is 3.82. The standard InChI is InChI=1S/C30H27NO4S/c1-19-18-36-27(26(19)31-29(34)35-20(2)21-6-4-3-5-7-21)24-10-8-22(9-11-24)23-12-14-25(15-13-23)30(16-17-30)28(32)33/h3-15,18,20H,16-17H2,1-2H3,(H,31,34)(H,32,33). The van der Waals surface area contributed by atoms with Crippen molar-refractivity contribution in [3.05, 3.63) is 101 Å². The molecule has 1 heterocycles. The monoisotopic (exact) mass is 497 g/mol. The number of ether oxygens (including phenoxy) is 1. The van der Waals surface area contributed by atoms with Gasteiger partial charge >= 0.3 is 12.1 Å². The lowest BCUT2D eigenvalue weighted by molar-refractivity contribution is -0.140.